The van der Waals surface area contributed by atoms with Crippen LogP contribution in [0.2, 0.25) is 0 Å². The zero-order valence-corrected chi connectivity index (χ0v) is 24.2. The lowest BCUT2D eigenvalue weighted by molar-refractivity contribution is 0.0229. The van der Waals surface area contributed by atoms with E-state index in [1.165, 1.54) is 18.2 Å². The number of cyclic esters (lactones) is 1. The number of carboxylic acid groups (broad SMARTS) is 1. The Bertz CT molecular complexity index is 1380. The van der Waals surface area contributed by atoms with Gasteiger partial charge in [0, 0.05) is 14.5 Å². The van der Waals surface area contributed by atoms with Gasteiger partial charge in [-0.1, -0.05) is 65.6 Å². The first-order valence-corrected chi connectivity index (χ1v) is 13.8. The molecule has 0 aliphatic carbocycles. The maximum atomic E-state index is 13.4. The number of ether oxygens (including phenoxy) is 1. The molecule has 0 spiro atoms. The van der Waals surface area contributed by atoms with Crippen molar-refractivity contribution in [2.45, 2.75) is 59.0 Å². The number of hydrogen-bond donors (Lipinski definition) is 3. The summed E-state index contributed by atoms with van der Waals surface area (Å²) < 4.78 is 7.04. The number of carbonyl (C=O) groups excluding carboxylic acids is 1. The minimum atomic E-state index is -1.94. The molecule has 1 aliphatic heterocycles. The largest absolute Gasteiger partial charge is 0.507 e. The third-order valence-electron chi connectivity index (χ3n) is 7.19. The van der Waals surface area contributed by atoms with Crippen molar-refractivity contribution >= 4 is 43.8 Å². The Morgan fingerprint density at radius 3 is 1.73 bits per heavy atom. The second kappa shape index (κ2) is 10.1. The van der Waals surface area contributed by atoms with Crippen molar-refractivity contribution in [3.63, 3.8) is 0 Å². The predicted octanol–water partition coefficient (Wildman–Crippen LogP) is 7.03. The van der Waals surface area contributed by atoms with Crippen LogP contribution in [-0.2, 0) is 36.0 Å². The quantitative estimate of drug-likeness (QED) is 0.242. The monoisotopic (exact) mass is 630 g/mol. The number of halogens is 2. The van der Waals surface area contributed by atoms with Crippen molar-refractivity contribution in [3.8, 4) is 11.5 Å². The van der Waals surface area contributed by atoms with Crippen molar-refractivity contribution in [3.05, 3.63) is 89.3 Å². The molecule has 0 unspecified atom stereocenters. The number of aromatic carboxylic acids is 1. The van der Waals surface area contributed by atoms with E-state index in [2.05, 4.69) is 31.9 Å². The molecule has 0 amide bonds. The van der Waals surface area contributed by atoms with E-state index in [9.17, 15) is 24.9 Å². The van der Waals surface area contributed by atoms with E-state index >= 15 is 0 Å². The Morgan fingerprint density at radius 2 is 1.32 bits per heavy atom. The highest BCUT2D eigenvalue weighted by molar-refractivity contribution is 9.10. The molecule has 0 aromatic heterocycles. The van der Waals surface area contributed by atoms with Gasteiger partial charge in [-0.3, -0.25) is 0 Å². The molecule has 37 heavy (non-hydrogen) atoms. The third kappa shape index (κ3) is 3.96. The van der Waals surface area contributed by atoms with Crippen molar-refractivity contribution < 1.29 is 29.6 Å². The zero-order chi connectivity index (χ0) is 27.2. The van der Waals surface area contributed by atoms with E-state index in [-0.39, 0.29) is 39.3 Å². The van der Waals surface area contributed by atoms with Crippen molar-refractivity contribution in [2.75, 3.05) is 0 Å². The van der Waals surface area contributed by atoms with Crippen LogP contribution in [0.25, 0.3) is 0 Å². The second-order valence-corrected chi connectivity index (χ2v) is 10.7. The summed E-state index contributed by atoms with van der Waals surface area (Å²) in [7, 11) is 0. The van der Waals surface area contributed by atoms with E-state index in [0.29, 0.717) is 45.8 Å². The molecule has 0 radical (unpaired) electrons. The highest BCUT2D eigenvalue weighted by Crippen LogP contribution is 2.58. The van der Waals surface area contributed by atoms with Crippen molar-refractivity contribution in [2.24, 2.45) is 0 Å². The molecule has 0 saturated carbocycles. The van der Waals surface area contributed by atoms with Crippen LogP contribution in [0.4, 0.5) is 0 Å². The number of benzene rings is 3. The molecule has 4 rings (SSSR count). The molecular weight excluding hydrogens is 604 g/mol. The standard InChI is InChI=1S/C29H28Br2O6/c1-5-14-12-20(30)23(25(32)16(14)7-3)29(24-21(31)13-15(6-2)17(8-4)26(24)33)22-18(27(34)35)10-9-11-19(22)28(36)37-29/h9-13,32-33H,5-8H2,1-4H3,(H,34,35). The van der Waals surface area contributed by atoms with E-state index < -0.39 is 17.5 Å². The minimum Gasteiger partial charge on any atom is -0.507 e. The first-order valence-electron chi connectivity index (χ1n) is 12.3. The van der Waals surface area contributed by atoms with Gasteiger partial charge in [-0.05, 0) is 72.2 Å². The Labute approximate surface area is 232 Å². The highest BCUT2D eigenvalue weighted by Gasteiger charge is 2.56. The normalized spacial score (nSPS) is 13.9. The topological polar surface area (TPSA) is 104 Å². The lowest BCUT2D eigenvalue weighted by atomic mass is 9.74. The molecule has 0 atom stereocenters. The number of aromatic hydroxyl groups is 2. The number of aryl methyl sites for hydroxylation is 2. The average molecular weight is 632 g/mol. The maximum absolute atomic E-state index is 13.4. The summed E-state index contributed by atoms with van der Waals surface area (Å²) in [5.74, 6) is -2.23. The average Bonchev–Trinajstić information content (AvgIpc) is 3.15. The van der Waals surface area contributed by atoms with Crippen molar-refractivity contribution in [1.29, 1.82) is 0 Å². The lowest BCUT2D eigenvalue weighted by Gasteiger charge is -2.35. The van der Waals surface area contributed by atoms with Gasteiger partial charge in [-0.15, -0.1) is 0 Å². The SMILES string of the molecule is CCc1cc(Br)c(C2(c3c(Br)cc(CC)c(CC)c3O)OC(=O)c3cccc(C(=O)O)c32)c(O)c1CC. The molecule has 3 aromatic rings. The number of esters is 1. The minimum absolute atomic E-state index is 0.0627. The Balaban J connectivity index is 2.31. The van der Waals surface area contributed by atoms with Crippen LogP contribution in [0.3, 0.4) is 0 Å². The molecule has 0 fully saturated rings. The van der Waals surface area contributed by atoms with E-state index in [1.54, 1.807) is 0 Å². The van der Waals surface area contributed by atoms with Crippen LogP contribution >= 0.6 is 31.9 Å². The Morgan fingerprint density at radius 1 is 0.838 bits per heavy atom. The van der Waals surface area contributed by atoms with Crippen LogP contribution in [0.1, 0.15) is 87.4 Å². The highest BCUT2D eigenvalue weighted by atomic mass is 79.9. The molecule has 8 heteroatoms. The number of carbonyl (C=O) groups is 2. The third-order valence-corrected chi connectivity index (χ3v) is 8.44. The fraction of sp³-hybridized carbons (Fsp3) is 0.310. The van der Waals surface area contributed by atoms with Crippen LogP contribution in [0.5, 0.6) is 11.5 Å². The van der Waals surface area contributed by atoms with Gasteiger partial charge in [-0.2, -0.15) is 0 Å². The van der Waals surface area contributed by atoms with Gasteiger partial charge in [0.1, 0.15) is 11.5 Å². The van der Waals surface area contributed by atoms with Gasteiger partial charge in [-0.25, -0.2) is 9.59 Å². The van der Waals surface area contributed by atoms with Crippen LogP contribution in [0, 0.1) is 0 Å². The molecular formula is C29H28Br2O6. The predicted molar refractivity (Wildman–Crippen MR) is 148 cm³/mol. The number of phenolic OH excluding ortho intramolecular Hbond substituents is 2. The number of carboxylic acids is 1. The first kappa shape index (κ1) is 27.2. The van der Waals surface area contributed by atoms with Gasteiger partial charge in [0.25, 0.3) is 0 Å². The second-order valence-electron chi connectivity index (χ2n) is 8.96. The maximum Gasteiger partial charge on any atom is 0.340 e. The molecule has 6 nitrogen and oxygen atoms in total. The van der Waals surface area contributed by atoms with Crippen LogP contribution in [0.15, 0.2) is 39.3 Å². The lowest BCUT2D eigenvalue weighted by Crippen LogP contribution is -2.33. The molecule has 1 aliphatic rings. The van der Waals surface area contributed by atoms with E-state index in [0.717, 1.165) is 11.1 Å². The van der Waals surface area contributed by atoms with Gasteiger partial charge in [0.05, 0.1) is 22.3 Å². The number of phenols is 2. The molecule has 3 N–H and O–H groups in total. The Kier molecular flexibility index (Phi) is 7.45. The van der Waals surface area contributed by atoms with Crippen molar-refractivity contribution in [1.82, 2.24) is 0 Å². The fourth-order valence-corrected chi connectivity index (χ4v) is 7.04. The van der Waals surface area contributed by atoms with E-state index in [1.807, 2.05) is 39.8 Å². The summed E-state index contributed by atoms with van der Waals surface area (Å²) in [5, 5.41) is 33.7. The summed E-state index contributed by atoms with van der Waals surface area (Å²) in [6.45, 7) is 7.77. The molecule has 3 aromatic carbocycles. The summed E-state index contributed by atoms with van der Waals surface area (Å²) in [6.07, 6.45) is 2.29. The zero-order valence-electron chi connectivity index (χ0n) is 21.0. The van der Waals surface area contributed by atoms with Gasteiger partial charge in [0.2, 0.25) is 0 Å². The van der Waals surface area contributed by atoms with Gasteiger partial charge in [0.15, 0.2) is 5.60 Å². The van der Waals surface area contributed by atoms with Crippen LogP contribution in [-0.4, -0.2) is 27.3 Å². The first-order chi connectivity index (χ1) is 17.6. The molecule has 0 bridgehead atoms. The summed E-state index contributed by atoms with van der Waals surface area (Å²) in [4.78, 5) is 25.9. The molecule has 194 valence electrons. The van der Waals surface area contributed by atoms with Crippen LogP contribution < -0.4 is 0 Å². The molecule has 1 heterocycles. The molecule has 0 saturated heterocycles. The van der Waals surface area contributed by atoms with E-state index in [4.69, 9.17) is 4.74 Å². The van der Waals surface area contributed by atoms with Gasteiger partial charge >= 0.3 is 11.9 Å². The fourth-order valence-electron chi connectivity index (χ4n) is 5.55. The summed E-state index contributed by atoms with van der Waals surface area (Å²) in [6, 6.07) is 8.10. The number of fused-ring (bicyclic) bond motifs is 1. The number of hydrogen-bond acceptors (Lipinski definition) is 5. The Hall–Kier alpha value is -2.84. The number of rotatable bonds is 7. The summed E-state index contributed by atoms with van der Waals surface area (Å²) >= 11 is 7.19. The smallest absolute Gasteiger partial charge is 0.340 e. The summed E-state index contributed by atoms with van der Waals surface area (Å²) in [5.41, 5.74) is 1.50. The van der Waals surface area contributed by atoms with Gasteiger partial charge < -0.3 is 20.1 Å².